The van der Waals surface area contributed by atoms with E-state index in [1.807, 2.05) is 37.5 Å². The SMILES string of the molecule is CN[C@H]1C[C@H](n2cc(C#N)c3ccc(N4CCN(c5ccc(C(C)=O)cc5)C[C@@H]4C)nc32)C1. The molecule has 1 N–H and O–H groups in total. The molecule has 1 saturated heterocycles. The first kappa shape index (κ1) is 21.5. The predicted molar refractivity (Wildman–Crippen MR) is 131 cm³/mol. The first-order valence-electron chi connectivity index (χ1n) is 11.7. The van der Waals surface area contributed by atoms with Crippen molar-refractivity contribution in [3.8, 4) is 6.07 Å². The molecule has 0 bridgehead atoms. The molecule has 1 saturated carbocycles. The number of hydrogen-bond acceptors (Lipinski definition) is 6. The van der Waals surface area contributed by atoms with Crippen LogP contribution in [0.1, 0.15) is 48.7 Å². The number of fused-ring (bicyclic) bond motifs is 1. The molecular formula is C26H30N6O. The van der Waals surface area contributed by atoms with Gasteiger partial charge in [-0.3, -0.25) is 4.79 Å². The van der Waals surface area contributed by atoms with Crippen LogP contribution in [0.3, 0.4) is 0 Å². The van der Waals surface area contributed by atoms with E-state index in [1.165, 1.54) is 0 Å². The van der Waals surface area contributed by atoms with E-state index in [9.17, 15) is 10.1 Å². The summed E-state index contributed by atoms with van der Waals surface area (Å²) in [7, 11) is 2.00. The van der Waals surface area contributed by atoms with Crippen LogP contribution in [0.15, 0.2) is 42.6 Å². The Labute approximate surface area is 194 Å². The topological polar surface area (TPSA) is 77.2 Å². The molecule has 5 rings (SSSR count). The largest absolute Gasteiger partial charge is 0.368 e. The van der Waals surface area contributed by atoms with Crippen LogP contribution in [0.25, 0.3) is 11.0 Å². The minimum atomic E-state index is 0.0916. The molecule has 7 nitrogen and oxygen atoms in total. The number of nitrogens with one attached hydrogen (secondary N) is 1. The van der Waals surface area contributed by atoms with E-state index in [2.05, 4.69) is 44.8 Å². The van der Waals surface area contributed by atoms with E-state index in [-0.39, 0.29) is 11.8 Å². The third-order valence-corrected chi connectivity index (χ3v) is 7.26. The second-order valence-corrected chi connectivity index (χ2v) is 9.30. The second kappa shape index (κ2) is 8.53. The number of Topliss-reactive ketones (excluding diaryl/α,β-unsaturated/α-hetero) is 1. The van der Waals surface area contributed by atoms with Crippen molar-refractivity contribution in [2.45, 2.75) is 44.8 Å². The van der Waals surface area contributed by atoms with Crippen LogP contribution in [0.2, 0.25) is 0 Å². The quantitative estimate of drug-likeness (QED) is 0.607. The van der Waals surface area contributed by atoms with Gasteiger partial charge in [-0.2, -0.15) is 5.26 Å². The van der Waals surface area contributed by atoms with Crippen LogP contribution in [-0.4, -0.2) is 54.1 Å². The zero-order valence-corrected chi connectivity index (χ0v) is 19.5. The summed E-state index contributed by atoms with van der Waals surface area (Å²) in [6.45, 7) is 6.46. The number of anilines is 2. The first-order chi connectivity index (χ1) is 16.0. The molecule has 1 aliphatic carbocycles. The van der Waals surface area contributed by atoms with E-state index in [0.29, 0.717) is 17.6 Å². The summed E-state index contributed by atoms with van der Waals surface area (Å²) in [5, 5.41) is 13.9. The van der Waals surface area contributed by atoms with Gasteiger partial charge in [0.1, 0.15) is 17.5 Å². The lowest BCUT2D eigenvalue weighted by Crippen LogP contribution is -2.52. The van der Waals surface area contributed by atoms with Gasteiger partial charge in [0, 0.05) is 60.6 Å². The zero-order chi connectivity index (χ0) is 23.1. The van der Waals surface area contributed by atoms with E-state index >= 15 is 0 Å². The second-order valence-electron chi connectivity index (χ2n) is 9.30. The molecule has 33 heavy (non-hydrogen) atoms. The summed E-state index contributed by atoms with van der Waals surface area (Å²) < 4.78 is 2.21. The molecule has 2 aromatic heterocycles. The highest BCUT2D eigenvalue weighted by atomic mass is 16.1. The fraction of sp³-hybridized carbons (Fsp3) is 0.423. The fourth-order valence-corrected chi connectivity index (χ4v) is 5.13. The standard InChI is InChI=1S/C26H30N6O/c1-17-15-30(22-6-4-19(5-7-22)18(2)33)10-11-31(17)25-9-8-24-20(14-27)16-32(26(24)29-25)23-12-21(13-23)28-3/h4-9,16-17,21,23,28H,10-13,15H2,1-3H3/t17-,21-,23-/m0/s1. The van der Waals surface area contributed by atoms with E-state index in [1.54, 1.807) is 6.92 Å². The number of piperazine rings is 1. The maximum Gasteiger partial charge on any atom is 0.159 e. The number of benzene rings is 1. The van der Waals surface area contributed by atoms with Crippen LogP contribution in [0.4, 0.5) is 11.5 Å². The van der Waals surface area contributed by atoms with Crippen molar-refractivity contribution in [2.24, 2.45) is 0 Å². The van der Waals surface area contributed by atoms with Gasteiger partial charge >= 0.3 is 0 Å². The van der Waals surface area contributed by atoms with Crippen molar-refractivity contribution in [3.63, 3.8) is 0 Å². The number of hydrogen-bond donors (Lipinski definition) is 1. The van der Waals surface area contributed by atoms with Gasteiger partial charge in [-0.15, -0.1) is 0 Å². The van der Waals surface area contributed by atoms with Gasteiger partial charge in [-0.1, -0.05) is 0 Å². The highest BCUT2D eigenvalue weighted by Crippen LogP contribution is 2.36. The maximum atomic E-state index is 11.6. The van der Waals surface area contributed by atoms with Crippen molar-refractivity contribution in [3.05, 3.63) is 53.7 Å². The molecule has 0 unspecified atom stereocenters. The van der Waals surface area contributed by atoms with Crippen molar-refractivity contribution >= 4 is 28.3 Å². The number of aromatic nitrogens is 2. The van der Waals surface area contributed by atoms with E-state index in [4.69, 9.17) is 4.98 Å². The highest BCUT2D eigenvalue weighted by molar-refractivity contribution is 5.94. The Morgan fingerprint density at radius 3 is 2.55 bits per heavy atom. The highest BCUT2D eigenvalue weighted by Gasteiger charge is 2.31. The molecule has 0 radical (unpaired) electrons. The van der Waals surface area contributed by atoms with Crippen molar-refractivity contribution in [1.29, 1.82) is 5.26 Å². The van der Waals surface area contributed by atoms with Gasteiger partial charge in [0.25, 0.3) is 0 Å². The van der Waals surface area contributed by atoms with Crippen LogP contribution in [0, 0.1) is 11.3 Å². The summed E-state index contributed by atoms with van der Waals surface area (Å²) in [5.74, 6) is 1.06. The molecule has 3 heterocycles. The molecule has 2 aliphatic rings. The van der Waals surface area contributed by atoms with Crippen molar-refractivity contribution < 1.29 is 4.79 Å². The molecule has 3 aromatic rings. The summed E-state index contributed by atoms with van der Waals surface area (Å²) in [5.41, 5.74) is 3.50. The predicted octanol–water partition coefficient (Wildman–Crippen LogP) is 3.75. The summed E-state index contributed by atoms with van der Waals surface area (Å²) >= 11 is 0. The van der Waals surface area contributed by atoms with Gasteiger partial charge < -0.3 is 19.7 Å². The number of ketones is 1. The van der Waals surface area contributed by atoms with Gasteiger partial charge in [0.2, 0.25) is 0 Å². The fourth-order valence-electron chi connectivity index (χ4n) is 5.13. The number of carbonyl (C=O) groups is 1. The Kier molecular flexibility index (Phi) is 5.55. The minimum absolute atomic E-state index is 0.0916. The molecule has 2 fully saturated rings. The lowest BCUT2D eigenvalue weighted by atomic mass is 9.87. The molecule has 1 aliphatic heterocycles. The molecule has 170 valence electrons. The van der Waals surface area contributed by atoms with Crippen LogP contribution < -0.4 is 15.1 Å². The van der Waals surface area contributed by atoms with Gasteiger partial charge in [0.05, 0.1) is 5.56 Å². The molecule has 0 spiro atoms. The molecule has 1 atom stereocenters. The first-order valence-corrected chi connectivity index (χ1v) is 11.7. The minimum Gasteiger partial charge on any atom is -0.368 e. The summed E-state index contributed by atoms with van der Waals surface area (Å²) in [4.78, 5) is 21.4. The number of rotatable bonds is 5. The average Bonchev–Trinajstić information content (AvgIpc) is 3.16. The molecule has 1 aromatic carbocycles. The van der Waals surface area contributed by atoms with Crippen molar-refractivity contribution in [2.75, 3.05) is 36.5 Å². The molecule has 0 amide bonds. The van der Waals surface area contributed by atoms with Crippen molar-refractivity contribution in [1.82, 2.24) is 14.9 Å². The maximum absolute atomic E-state index is 11.6. The lowest BCUT2D eigenvalue weighted by molar-refractivity contribution is 0.101. The Morgan fingerprint density at radius 1 is 1.15 bits per heavy atom. The Bertz CT molecular complexity index is 1220. The third-order valence-electron chi connectivity index (χ3n) is 7.26. The Balaban J connectivity index is 1.37. The Morgan fingerprint density at radius 2 is 1.91 bits per heavy atom. The Hall–Kier alpha value is -3.37. The van der Waals surface area contributed by atoms with Gasteiger partial charge in [0.15, 0.2) is 5.78 Å². The zero-order valence-electron chi connectivity index (χ0n) is 19.5. The van der Waals surface area contributed by atoms with Gasteiger partial charge in [-0.25, -0.2) is 4.98 Å². The number of pyridine rings is 1. The van der Waals surface area contributed by atoms with E-state index < -0.39 is 0 Å². The summed E-state index contributed by atoms with van der Waals surface area (Å²) in [6, 6.07) is 15.6. The normalized spacial score (nSPS) is 22.8. The number of nitriles is 1. The summed E-state index contributed by atoms with van der Waals surface area (Å²) in [6.07, 6.45) is 4.10. The van der Waals surface area contributed by atoms with E-state index in [0.717, 1.165) is 60.6 Å². The monoisotopic (exact) mass is 442 g/mol. The average molecular weight is 443 g/mol. The smallest absolute Gasteiger partial charge is 0.159 e. The molecule has 7 heteroatoms. The lowest BCUT2D eigenvalue weighted by Gasteiger charge is -2.42. The number of nitrogens with zero attached hydrogens (tertiary/aromatic N) is 5. The van der Waals surface area contributed by atoms with Gasteiger partial charge in [-0.05, 0) is 70.1 Å². The van der Waals surface area contributed by atoms with Crippen LogP contribution in [-0.2, 0) is 0 Å². The van der Waals surface area contributed by atoms with Crippen LogP contribution >= 0.6 is 0 Å². The number of carbonyl (C=O) groups excluding carboxylic acids is 1. The van der Waals surface area contributed by atoms with Crippen LogP contribution in [0.5, 0.6) is 0 Å². The third kappa shape index (κ3) is 3.85. The molecular weight excluding hydrogens is 412 g/mol.